The van der Waals surface area contributed by atoms with Crippen LogP contribution in [-0.2, 0) is 9.53 Å². The van der Waals surface area contributed by atoms with E-state index in [9.17, 15) is 4.79 Å². The lowest BCUT2D eigenvalue weighted by Gasteiger charge is -2.15. The van der Waals surface area contributed by atoms with Crippen molar-refractivity contribution in [2.24, 2.45) is 11.8 Å². The predicted octanol–water partition coefficient (Wildman–Crippen LogP) is 2.30. The highest BCUT2D eigenvalue weighted by Crippen LogP contribution is 2.30. The molecule has 0 aromatic heterocycles. The summed E-state index contributed by atoms with van der Waals surface area (Å²) in [5.41, 5.74) is 0. The average Bonchev–Trinajstić information content (AvgIpc) is 2.99. The lowest BCUT2D eigenvalue weighted by Crippen LogP contribution is -2.15. The van der Waals surface area contributed by atoms with Gasteiger partial charge in [0.15, 0.2) is 0 Å². The first-order valence-electron chi connectivity index (χ1n) is 5.19. The van der Waals surface area contributed by atoms with Gasteiger partial charge in [-0.1, -0.05) is 12.2 Å². The van der Waals surface area contributed by atoms with E-state index in [1.54, 1.807) is 0 Å². The zero-order valence-corrected chi connectivity index (χ0v) is 7.87. The first-order valence-corrected chi connectivity index (χ1v) is 5.19. The summed E-state index contributed by atoms with van der Waals surface area (Å²) in [6.07, 6.45) is 10.1. The van der Waals surface area contributed by atoms with Gasteiger partial charge in [0.1, 0.15) is 0 Å². The molecule has 72 valence electrons. The van der Waals surface area contributed by atoms with Crippen LogP contribution in [0.2, 0.25) is 0 Å². The van der Waals surface area contributed by atoms with Crippen molar-refractivity contribution >= 4 is 5.97 Å². The van der Waals surface area contributed by atoms with E-state index in [4.69, 9.17) is 4.74 Å². The molecule has 0 bridgehead atoms. The number of rotatable bonds is 3. The van der Waals surface area contributed by atoms with Crippen LogP contribution in [0.25, 0.3) is 0 Å². The van der Waals surface area contributed by atoms with E-state index in [0.29, 0.717) is 12.5 Å². The van der Waals surface area contributed by atoms with Crippen molar-refractivity contribution in [1.82, 2.24) is 0 Å². The molecule has 13 heavy (non-hydrogen) atoms. The minimum atomic E-state index is 0.0268. The van der Waals surface area contributed by atoms with E-state index in [-0.39, 0.29) is 11.9 Å². The maximum Gasteiger partial charge on any atom is 0.308 e. The van der Waals surface area contributed by atoms with Gasteiger partial charge in [-0.05, 0) is 32.1 Å². The van der Waals surface area contributed by atoms with Crippen molar-refractivity contribution in [3.8, 4) is 0 Å². The van der Waals surface area contributed by atoms with Gasteiger partial charge in [0.25, 0.3) is 0 Å². The third-order valence-corrected chi connectivity index (χ3v) is 2.70. The molecule has 0 aromatic carbocycles. The Morgan fingerprint density at radius 2 is 2.23 bits per heavy atom. The average molecular weight is 180 g/mol. The smallest absolute Gasteiger partial charge is 0.308 e. The fourth-order valence-corrected chi connectivity index (χ4v) is 1.65. The van der Waals surface area contributed by atoms with Crippen LogP contribution in [0.5, 0.6) is 0 Å². The Balaban J connectivity index is 1.68. The van der Waals surface area contributed by atoms with Crippen LogP contribution in [0.1, 0.15) is 32.1 Å². The van der Waals surface area contributed by atoms with Crippen LogP contribution in [0.15, 0.2) is 12.2 Å². The molecule has 0 radical (unpaired) electrons. The Morgan fingerprint density at radius 3 is 2.85 bits per heavy atom. The van der Waals surface area contributed by atoms with Gasteiger partial charge in [-0.15, -0.1) is 0 Å². The SMILES string of the molecule is O=C(OCC1C=CCCC1)C1CC1. The zero-order chi connectivity index (χ0) is 9.10. The molecule has 0 heterocycles. The van der Waals surface area contributed by atoms with E-state index < -0.39 is 0 Å². The standard InChI is InChI=1S/C11H16O2/c12-11(10-6-7-10)13-8-9-4-2-1-3-5-9/h2,4,9-10H,1,3,5-8H2. The third-order valence-electron chi connectivity index (χ3n) is 2.70. The Bertz CT molecular complexity index is 216. The number of allylic oxidation sites excluding steroid dienone is 1. The van der Waals surface area contributed by atoms with Crippen LogP contribution < -0.4 is 0 Å². The lowest BCUT2D eigenvalue weighted by molar-refractivity contribution is -0.146. The van der Waals surface area contributed by atoms with Crippen molar-refractivity contribution < 1.29 is 9.53 Å². The molecule has 0 amide bonds. The highest BCUT2D eigenvalue weighted by Gasteiger charge is 2.31. The summed E-state index contributed by atoms with van der Waals surface area (Å²) in [5.74, 6) is 0.753. The van der Waals surface area contributed by atoms with E-state index >= 15 is 0 Å². The molecule has 2 nitrogen and oxygen atoms in total. The molecule has 1 atom stereocenters. The van der Waals surface area contributed by atoms with Gasteiger partial charge >= 0.3 is 5.97 Å². The number of carbonyl (C=O) groups is 1. The second kappa shape index (κ2) is 3.95. The maximum atomic E-state index is 11.2. The molecule has 2 rings (SSSR count). The lowest BCUT2D eigenvalue weighted by atomic mass is 9.97. The number of hydrogen-bond donors (Lipinski definition) is 0. The molecule has 2 aliphatic carbocycles. The predicted molar refractivity (Wildman–Crippen MR) is 50.2 cm³/mol. The van der Waals surface area contributed by atoms with Crippen LogP contribution in [0.3, 0.4) is 0 Å². The number of ether oxygens (including phenoxy) is 1. The molecule has 0 aliphatic heterocycles. The number of carbonyl (C=O) groups excluding carboxylic acids is 1. The molecule has 0 spiro atoms. The third kappa shape index (κ3) is 2.58. The van der Waals surface area contributed by atoms with Gasteiger partial charge in [0, 0.05) is 5.92 Å². The highest BCUT2D eigenvalue weighted by atomic mass is 16.5. The Kier molecular flexibility index (Phi) is 2.67. The van der Waals surface area contributed by atoms with Gasteiger partial charge in [-0.3, -0.25) is 4.79 Å². The molecule has 0 saturated heterocycles. The summed E-state index contributed by atoms with van der Waals surface area (Å²) in [6, 6.07) is 0. The fraction of sp³-hybridized carbons (Fsp3) is 0.727. The molecule has 1 saturated carbocycles. The summed E-state index contributed by atoms with van der Waals surface area (Å²) < 4.78 is 5.22. The minimum Gasteiger partial charge on any atom is -0.465 e. The quantitative estimate of drug-likeness (QED) is 0.492. The van der Waals surface area contributed by atoms with Crippen molar-refractivity contribution in [1.29, 1.82) is 0 Å². The van der Waals surface area contributed by atoms with Crippen LogP contribution in [0, 0.1) is 11.8 Å². The molecule has 2 heteroatoms. The van der Waals surface area contributed by atoms with Crippen LogP contribution >= 0.6 is 0 Å². The summed E-state index contributed by atoms with van der Waals surface area (Å²) >= 11 is 0. The second-order valence-electron chi connectivity index (χ2n) is 4.02. The summed E-state index contributed by atoms with van der Waals surface area (Å²) in [4.78, 5) is 11.2. The fourth-order valence-electron chi connectivity index (χ4n) is 1.65. The number of hydrogen-bond acceptors (Lipinski definition) is 2. The topological polar surface area (TPSA) is 26.3 Å². The minimum absolute atomic E-state index is 0.0268. The first-order chi connectivity index (χ1) is 6.36. The van der Waals surface area contributed by atoms with E-state index in [2.05, 4.69) is 12.2 Å². The largest absolute Gasteiger partial charge is 0.465 e. The Morgan fingerprint density at radius 1 is 1.38 bits per heavy atom. The maximum absolute atomic E-state index is 11.2. The zero-order valence-electron chi connectivity index (χ0n) is 7.87. The molecular formula is C11H16O2. The molecule has 1 unspecified atom stereocenters. The van der Waals surface area contributed by atoms with E-state index in [1.807, 2.05) is 0 Å². The van der Waals surface area contributed by atoms with Crippen molar-refractivity contribution in [3.63, 3.8) is 0 Å². The summed E-state index contributed by atoms with van der Waals surface area (Å²) in [5, 5.41) is 0. The summed E-state index contributed by atoms with van der Waals surface area (Å²) in [6.45, 7) is 0.603. The Hall–Kier alpha value is -0.790. The second-order valence-corrected chi connectivity index (χ2v) is 4.02. The van der Waals surface area contributed by atoms with Gasteiger partial charge in [-0.2, -0.15) is 0 Å². The van der Waals surface area contributed by atoms with Gasteiger partial charge < -0.3 is 4.74 Å². The molecule has 2 aliphatic rings. The van der Waals surface area contributed by atoms with Crippen LogP contribution in [0.4, 0.5) is 0 Å². The van der Waals surface area contributed by atoms with Crippen molar-refractivity contribution in [2.75, 3.05) is 6.61 Å². The molecule has 1 fully saturated rings. The van der Waals surface area contributed by atoms with Crippen LogP contribution in [-0.4, -0.2) is 12.6 Å². The number of esters is 1. The monoisotopic (exact) mass is 180 g/mol. The van der Waals surface area contributed by atoms with Gasteiger partial charge in [0.05, 0.1) is 12.5 Å². The molecule has 0 aromatic rings. The van der Waals surface area contributed by atoms with Gasteiger partial charge in [-0.25, -0.2) is 0 Å². The van der Waals surface area contributed by atoms with E-state index in [0.717, 1.165) is 12.8 Å². The Labute approximate surface area is 79.0 Å². The van der Waals surface area contributed by atoms with Gasteiger partial charge in [0.2, 0.25) is 0 Å². The van der Waals surface area contributed by atoms with E-state index in [1.165, 1.54) is 19.3 Å². The highest BCUT2D eigenvalue weighted by molar-refractivity contribution is 5.74. The summed E-state index contributed by atoms with van der Waals surface area (Å²) in [7, 11) is 0. The van der Waals surface area contributed by atoms with Crippen molar-refractivity contribution in [3.05, 3.63) is 12.2 Å². The normalized spacial score (nSPS) is 27.2. The molecule has 0 N–H and O–H groups in total. The van der Waals surface area contributed by atoms with Crippen molar-refractivity contribution in [2.45, 2.75) is 32.1 Å². The molecular weight excluding hydrogens is 164 g/mol. The first kappa shape index (κ1) is 8.79.